The maximum absolute atomic E-state index is 13.0. The fourth-order valence-corrected chi connectivity index (χ4v) is 3.30. The molecule has 3 heterocycles. The van der Waals surface area contributed by atoms with Crippen LogP contribution in [0.25, 0.3) is 0 Å². The van der Waals surface area contributed by atoms with Crippen molar-refractivity contribution >= 4 is 5.82 Å². The fraction of sp³-hybridized carbons (Fsp3) is 0.625. The Kier molecular flexibility index (Phi) is 4.92. The van der Waals surface area contributed by atoms with Gasteiger partial charge in [0, 0.05) is 32.2 Å². The van der Waals surface area contributed by atoms with Gasteiger partial charge < -0.3 is 9.64 Å². The highest BCUT2D eigenvalue weighted by Crippen LogP contribution is 2.33. The van der Waals surface area contributed by atoms with E-state index in [1.54, 1.807) is 0 Å². The Morgan fingerprint density at radius 2 is 2.00 bits per heavy atom. The van der Waals surface area contributed by atoms with Gasteiger partial charge >= 0.3 is 6.18 Å². The lowest BCUT2D eigenvalue weighted by atomic mass is 10.1. The van der Waals surface area contributed by atoms with E-state index < -0.39 is 11.9 Å². The summed E-state index contributed by atoms with van der Waals surface area (Å²) >= 11 is 0. The number of alkyl halides is 3. The first-order valence-corrected chi connectivity index (χ1v) is 8.04. The molecule has 3 rings (SSSR count). The van der Waals surface area contributed by atoms with Crippen molar-refractivity contribution < 1.29 is 17.9 Å². The van der Waals surface area contributed by atoms with Crippen molar-refractivity contribution in [2.75, 3.05) is 44.3 Å². The average Bonchev–Trinajstić information content (AvgIpc) is 3.02. The lowest BCUT2D eigenvalue weighted by Crippen LogP contribution is -2.45. The zero-order valence-electron chi connectivity index (χ0n) is 13.2. The SMILES string of the molecule is N#Cc1ccc(C(F)(F)F)nc1N1CCC[C@@H]1CN1CCOCC1. The minimum Gasteiger partial charge on any atom is -0.379 e. The quantitative estimate of drug-likeness (QED) is 0.845. The van der Waals surface area contributed by atoms with Crippen molar-refractivity contribution in [3.8, 4) is 6.07 Å². The van der Waals surface area contributed by atoms with Gasteiger partial charge in [0.25, 0.3) is 0 Å². The second kappa shape index (κ2) is 6.95. The summed E-state index contributed by atoms with van der Waals surface area (Å²) in [6.07, 6.45) is -2.74. The van der Waals surface area contributed by atoms with Crippen LogP contribution in [0.3, 0.4) is 0 Å². The van der Waals surface area contributed by atoms with Crippen molar-refractivity contribution in [2.45, 2.75) is 25.1 Å². The molecule has 0 spiro atoms. The van der Waals surface area contributed by atoms with Crippen LogP contribution in [0.5, 0.6) is 0 Å². The predicted molar refractivity (Wildman–Crippen MR) is 81.6 cm³/mol. The van der Waals surface area contributed by atoms with Crippen LogP contribution in [0.15, 0.2) is 12.1 Å². The normalized spacial score (nSPS) is 22.6. The van der Waals surface area contributed by atoms with Crippen LogP contribution in [0.4, 0.5) is 19.0 Å². The monoisotopic (exact) mass is 340 g/mol. The van der Waals surface area contributed by atoms with E-state index in [0.29, 0.717) is 19.8 Å². The van der Waals surface area contributed by atoms with Crippen molar-refractivity contribution in [3.05, 3.63) is 23.4 Å². The summed E-state index contributed by atoms with van der Waals surface area (Å²) in [4.78, 5) is 7.90. The molecule has 2 aliphatic rings. The summed E-state index contributed by atoms with van der Waals surface area (Å²) in [6, 6.07) is 4.13. The van der Waals surface area contributed by atoms with Crippen LogP contribution < -0.4 is 4.90 Å². The number of nitriles is 1. The summed E-state index contributed by atoms with van der Waals surface area (Å²) in [5.74, 6) is 0.156. The smallest absolute Gasteiger partial charge is 0.379 e. The Balaban J connectivity index is 1.84. The first-order valence-electron chi connectivity index (χ1n) is 8.04. The lowest BCUT2D eigenvalue weighted by molar-refractivity contribution is -0.141. The molecular weight excluding hydrogens is 321 g/mol. The molecule has 2 aliphatic heterocycles. The van der Waals surface area contributed by atoms with E-state index in [-0.39, 0.29) is 17.4 Å². The molecule has 0 saturated carbocycles. The molecule has 0 bridgehead atoms. The molecule has 8 heteroatoms. The van der Waals surface area contributed by atoms with Gasteiger partial charge in [-0.1, -0.05) is 0 Å². The molecule has 0 N–H and O–H groups in total. The molecule has 1 atom stereocenters. The Bertz CT molecular complexity index is 623. The Labute approximate surface area is 138 Å². The average molecular weight is 340 g/mol. The molecule has 0 unspecified atom stereocenters. The van der Waals surface area contributed by atoms with E-state index >= 15 is 0 Å². The molecule has 0 aliphatic carbocycles. The number of aromatic nitrogens is 1. The molecule has 0 radical (unpaired) electrons. The molecule has 0 aromatic carbocycles. The van der Waals surface area contributed by atoms with Crippen molar-refractivity contribution in [1.29, 1.82) is 5.26 Å². The highest BCUT2D eigenvalue weighted by molar-refractivity contribution is 5.56. The number of anilines is 1. The van der Waals surface area contributed by atoms with Gasteiger partial charge in [-0.2, -0.15) is 18.4 Å². The molecule has 1 aromatic rings. The van der Waals surface area contributed by atoms with E-state index in [4.69, 9.17) is 4.74 Å². The number of nitrogens with zero attached hydrogens (tertiary/aromatic N) is 4. The molecule has 130 valence electrons. The van der Waals surface area contributed by atoms with E-state index in [0.717, 1.165) is 38.5 Å². The largest absolute Gasteiger partial charge is 0.433 e. The van der Waals surface area contributed by atoms with E-state index in [1.807, 2.05) is 11.0 Å². The third kappa shape index (κ3) is 3.62. The highest BCUT2D eigenvalue weighted by atomic mass is 19.4. The third-order valence-corrected chi connectivity index (χ3v) is 4.51. The van der Waals surface area contributed by atoms with Gasteiger partial charge in [0.1, 0.15) is 17.6 Å². The Morgan fingerprint density at radius 3 is 2.67 bits per heavy atom. The number of ether oxygens (including phenoxy) is 1. The first kappa shape index (κ1) is 17.0. The van der Waals surface area contributed by atoms with Crippen LogP contribution >= 0.6 is 0 Å². The number of rotatable bonds is 3. The van der Waals surface area contributed by atoms with Gasteiger partial charge in [0.15, 0.2) is 0 Å². The summed E-state index contributed by atoms with van der Waals surface area (Å²) in [6.45, 7) is 4.39. The van der Waals surface area contributed by atoms with Gasteiger partial charge in [-0.3, -0.25) is 4.90 Å². The number of morpholine rings is 1. The van der Waals surface area contributed by atoms with Gasteiger partial charge in [0.2, 0.25) is 0 Å². The van der Waals surface area contributed by atoms with Gasteiger partial charge in [-0.05, 0) is 25.0 Å². The zero-order valence-corrected chi connectivity index (χ0v) is 13.2. The zero-order chi connectivity index (χ0) is 17.2. The van der Waals surface area contributed by atoms with Crippen LogP contribution in [-0.4, -0.2) is 55.3 Å². The van der Waals surface area contributed by atoms with Gasteiger partial charge in [0.05, 0.1) is 18.8 Å². The molecule has 2 saturated heterocycles. The fourth-order valence-electron chi connectivity index (χ4n) is 3.30. The minimum absolute atomic E-state index is 0.0752. The van der Waals surface area contributed by atoms with Gasteiger partial charge in [-0.15, -0.1) is 0 Å². The topological polar surface area (TPSA) is 52.4 Å². The van der Waals surface area contributed by atoms with E-state index in [2.05, 4.69) is 9.88 Å². The Morgan fingerprint density at radius 1 is 1.25 bits per heavy atom. The number of pyridine rings is 1. The van der Waals surface area contributed by atoms with Crippen molar-refractivity contribution in [1.82, 2.24) is 9.88 Å². The van der Waals surface area contributed by atoms with Crippen LogP contribution in [-0.2, 0) is 10.9 Å². The maximum atomic E-state index is 13.0. The highest BCUT2D eigenvalue weighted by Gasteiger charge is 2.35. The summed E-state index contributed by atoms with van der Waals surface area (Å²) in [7, 11) is 0. The number of hydrogen-bond acceptors (Lipinski definition) is 5. The van der Waals surface area contributed by atoms with E-state index in [1.165, 1.54) is 6.07 Å². The second-order valence-electron chi connectivity index (χ2n) is 6.08. The van der Waals surface area contributed by atoms with Gasteiger partial charge in [-0.25, -0.2) is 4.98 Å². The van der Waals surface area contributed by atoms with Crippen LogP contribution in [0.1, 0.15) is 24.1 Å². The van der Waals surface area contributed by atoms with Crippen LogP contribution in [0.2, 0.25) is 0 Å². The Hall–Kier alpha value is -1.85. The summed E-state index contributed by atoms with van der Waals surface area (Å²) in [5.41, 5.74) is -0.759. The first-order chi connectivity index (χ1) is 11.5. The molecule has 0 amide bonds. The lowest BCUT2D eigenvalue weighted by Gasteiger charge is -2.33. The number of hydrogen-bond donors (Lipinski definition) is 0. The molecule has 5 nitrogen and oxygen atoms in total. The minimum atomic E-state index is -4.51. The standard InChI is InChI=1S/C16H19F3N4O/c17-16(18,19)14-4-3-12(10-20)15(21-14)23-5-1-2-13(23)11-22-6-8-24-9-7-22/h3-4,13H,1-2,5-9,11H2/t13-/m1/s1. The molecular formula is C16H19F3N4O. The molecule has 2 fully saturated rings. The maximum Gasteiger partial charge on any atom is 0.433 e. The molecule has 1 aromatic heterocycles. The summed E-state index contributed by atoms with van der Waals surface area (Å²) < 4.78 is 44.3. The second-order valence-corrected chi connectivity index (χ2v) is 6.08. The number of halogens is 3. The molecule has 24 heavy (non-hydrogen) atoms. The summed E-state index contributed by atoms with van der Waals surface area (Å²) in [5, 5.41) is 9.26. The van der Waals surface area contributed by atoms with Crippen molar-refractivity contribution in [2.24, 2.45) is 0 Å². The third-order valence-electron chi connectivity index (χ3n) is 4.51. The van der Waals surface area contributed by atoms with Crippen molar-refractivity contribution in [3.63, 3.8) is 0 Å². The van der Waals surface area contributed by atoms with Crippen LogP contribution in [0, 0.1) is 11.3 Å². The van der Waals surface area contributed by atoms with E-state index in [9.17, 15) is 18.4 Å². The predicted octanol–water partition coefficient (Wildman–Crippen LogP) is 2.27.